The second kappa shape index (κ2) is 18.5. The molecule has 0 atom stereocenters. The van der Waals surface area contributed by atoms with E-state index in [2.05, 4.69) is 226 Å². The highest BCUT2D eigenvalue weighted by Gasteiger charge is 2.20. The minimum atomic E-state index is 0.529. The molecule has 7 heteroatoms. The van der Waals surface area contributed by atoms with Crippen molar-refractivity contribution in [3.63, 3.8) is 0 Å². The molecule has 0 aliphatic carbocycles. The Kier molecular flexibility index (Phi) is 10.7. The van der Waals surface area contributed by atoms with E-state index in [1.807, 2.05) is 48.5 Å². The van der Waals surface area contributed by atoms with Crippen LogP contribution in [0.15, 0.2) is 255 Å². The van der Waals surface area contributed by atoms with Crippen LogP contribution in [-0.4, -0.2) is 33.6 Å². The lowest BCUT2D eigenvalue weighted by molar-refractivity contribution is 0.923. The SMILES string of the molecule is CCCc1ccc2c(c1)c1cc(-c3ccc4c(c3)c3cc(-c5ccc6c(c5)c5ccccc5n6-c5ccccc5)ccc3n4-c3ccc(-c4nc(-c5ccccc5)nc(-c5ccccn5)n4)cc3)ccc1n2-c1ccccc1. The Labute approximate surface area is 450 Å². The molecule has 0 spiro atoms. The number of nitrogens with zero attached hydrogens (tertiary/aromatic N) is 7. The van der Waals surface area contributed by atoms with Gasteiger partial charge in [0.25, 0.3) is 0 Å². The van der Waals surface area contributed by atoms with Gasteiger partial charge in [0.15, 0.2) is 17.5 Å². The van der Waals surface area contributed by atoms with Gasteiger partial charge in [-0.05, 0) is 162 Å². The van der Waals surface area contributed by atoms with Crippen molar-refractivity contribution in [3.8, 4) is 73.6 Å². The molecule has 368 valence electrons. The zero-order valence-electron chi connectivity index (χ0n) is 42.8. The smallest absolute Gasteiger partial charge is 0.182 e. The quantitative estimate of drug-likeness (QED) is 0.137. The van der Waals surface area contributed by atoms with Crippen molar-refractivity contribution in [2.75, 3.05) is 0 Å². The average Bonchev–Trinajstić information content (AvgIpc) is 4.32. The van der Waals surface area contributed by atoms with Gasteiger partial charge in [-0.2, -0.15) is 0 Å². The lowest BCUT2D eigenvalue weighted by Gasteiger charge is -2.11. The summed E-state index contributed by atoms with van der Waals surface area (Å²) in [5, 5.41) is 7.34. The van der Waals surface area contributed by atoms with Crippen molar-refractivity contribution in [1.29, 1.82) is 0 Å². The first-order chi connectivity index (χ1) is 38.6. The Bertz CT molecular complexity index is 4710. The van der Waals surface area contributed by atoms with Gasteiger partial charge in [0.05, 0.1) is 33.1 Å². The molecular formula is C71H49N7. The van der Waals surface area contributed by atoms with Gasteiger partial charge >= 0.3 is 0 Å². The maximum absolute atomic E-state index is 5.03. The molecule has 0 saturated heterocycles. The van der Waals surface area contributed by atoms with Crippen molar-refractivity contribution in [2.24, 2.45) is 0 Å². The Morgan fingerprint density at radius 2 is 0.679 bits per heavy atom. The van der Waals surface area contributed by atoms with Crippen molar-refractivity contribution in [1.82, 2.24) is 33.6 Å². The molecule has 15 aromatic rings. The predicted octanol–water partition coefficient (Wildman–Crippen LogP) is 17.8. The molecule has 15 rings (SSSR count). The van der Waals surface area contributed by atoms with Crippen molar-refractivity contribution in [3.05, 3.63) is 260 Å². The average molecular weight is 1000 g/mol. The van der Waals surface area contributed by atoms with E-state index < -0.39 is 0 Å². The first-order valence-electron chi connectivity index (χ1n) is 26.8. The summed E-state index contributed by atoms with van der Waals surface area (Å²) in [6.45, 7) is 2.25. The van der Waals surface area contributed by atoms with E-state index in [4.69, 9.17) is 15.0 Å². The maximum atomic E-state index is 5.03. The third-order valence-corrected chi connectivity index (χ3v) is 15.4. The van der Waals surface area contributed by atoms with Gasteiger partial charge in [-0.3, -0.25) is 4.98 Å². The Balaban J connectivity index is 0.901. The van der Waals surface area contributed by atoms with E-state index in [-0.39, 0.29) is 0 Å². The molecule has 0 fully saturated rings. The second-order valence-corrected chi connectivity index (χ2v) is 20.2. The van der Waals surface area contributed by atoms with Gasteiger partial charge in [-0.15, -0.1) is 0 Å². The van der Waals surface area contributed by atoms with E-state index in [1.54, 1.807) is 6.20 Å². The molecule has 5 aromatic heterocycles. The molecule has 0 aliphatic rings. The van der Waals surface area contributed by atoms with Crippen LogP contribution < -0.4 is 0 Å². The summed E-state index contributed by atoms with van der Waals surface area (Å²) in [6, 6.07) is 89.5. The fraction of sp³-hybridized carbons (Fsp3) is 0.0423. The fourth-order valence-electron chi connectivity index (χ4n) is 11.8. The summed E-state index contributed by atoms with van der Waals surface area (Å²) < 4.78 is 7.18. The molecule has 0 radical (unpaired) electrons. The van der Waals surface area contributed by atoms with Gasteiger partial charge < -0.3 is 13.7 Å². The van der Waals surface area contributed by atoms with Crippen LogP contribution in [0.25, 0.3) is 139 Å². The number of hydrogen-bond donors (Lipinski definition) is 0. The van der Waals surface area contributed by atoms with Crippen LogP contribution >= 0.6 is 0 Å². The number of aromatic nitrogens is 7. The maximum Gasteiger partial charge on any atom is 0.182 e. The molecule has 78 heavy (non-hydrogen) atoms. The molecule has 0 bridgehead atoms. The largest absolute Gasteiger partial charge is 0.309 e. The zero-order chi connectivity index (χ0) is 51.7. The van der Waals surface area contributed by atoms with Crippen LogP contribution in [0.4, 0.5) is 0 Å². The number of benzene rings is 10. The van der Waals surface area contributed by atoms with E-state index >= 15 is 0 Å². The molecule has 0 unspecified atom stereocenters. The summed E-state index contributed by atoms with van der Waals surface area (Å²) in [4.78, 5) is 19.5. The first-order valence-corrected chi connectivity index (χ1v) is 26.8. The summed E-state index contributed by atoms with van der Waals surface area (Å²) in [6.07, 6.45) is 3.91. The van der Waals surface area contributed by atoms with Crippen molar-refractivity contribution in [2.45, 2.75) is 19.8 Å². The first kappa shape index (κ1) is 45.2. The van der Waals surface area contributed by atoms with Gasteiger partial charge in [0.1, 0.15) is 5.69 Å². The molecule has 0 amide bonds. The standard InChI is InChI=1S/C71H49N7/c1-2-16-46-26-35-64-57(41-46)59-43-50(30-37-66(59)77(64)54-21-10-5-11-22-54)52-32-39-68-61(45-52)60-44-51(49-29-36-65-58(42-49)56-23-12-13-25-63(56)76(65)53-19-8-4-9-20-53)31-38-67(60)78(68)55-33-27-48(28-34-55)70-73-69(47-17-6-3-7-18-47)74-71(75-70)62-24-14-15-40-72-62/h3-15,17-45H,2,16H2,1H3. The molecule has 5 heterocycles. The third kappa shape index (κ3) is 7.58. The minimum Gasteiger partial charge on any atom is -0.309 e. The van der Waals surface area contributed by atoms with Gasteiger partial charge in [0, 0.05) is 66.7 Å². The molecular weight excluding hydrogens is 951 g/mol. The number of para-hydroxylation sites is 3. The fourth-order valence-corrected chi connectivity index (χ4v) is 11.8. The summed E-state index contributed by atoms with van der Waals surface area (Å²) in [5.74, 6) is 1.71. The lowest BCUT2D eigenvalue weighted by Crippen LogP contribution is -2.01. The molecule has 0 aliphatic heterocycles. The third-order valence-electron chi connectivity index (χ3n) is 15.4. The summed E-state index contributed by atoms with van der Waals surface area (Å²) in [5.41, 5.74) is 18.9. The number of fused-ring (bicyclic) bond motifs is 9. The van der Waals surface area contributed by atoms with Crippen LogP contribution in [0.2, 0.25) is 0 Å². The lowest BCUT2D eigenvalue weighted by atomic mass is 9.98. The Hall–Kier alpha value is -10.2. The van der Waals surface area contributed by atoms with E-state index in [9.17, 15) is 0 Å². The van der Waals surface area contributed by atoms with Crippen molar-refractivity contribution >= 4 is 65.4 Å². The van der Waals surface area contributed by atoms with Crippen LogP contribution in [-0.2, 0) is 6.42 Å². The van der Waals surface area contributed by atoms with Gasteiger partial charge in [-0.25, -0.2) is 15.0 Å². The van der Waals surface area contributed by atoms with Gasteiger partial charge in [0.2, 0.25) is 0 Å². The molecule has 7 nitrogen and oxygen atoms in total. The zero-order valence-corrected chi connectivity index (χ0v) is 42.8. The second-order valence-electron chi connectivity index (χ2n) is 20.2. The molecule has 0 saturated carbocycles. The van der Waals surface area contributed by atoms with E-state index in [0.717, 1.165) is 63.2 Å². The molecule has 10 aromatic carbocycles. The van der Waals surface area contributed by atoms with E-state index in [1.165, 1.54) is 71.1 Å². The van der Waals surface area contributed by atoms with Gasteiger partial charge in [-0.1, -0.05) is 135 Å². The summed E-state index contributed by atoms with van der Waals surface area (Å²) in [7, 11) is 0. The monoisotopic (exact) mass is 999 g/mol. The minimum absolute atomic E-state index is 0.529. The Morgan fingerprint density at radius 3 is 1.18 bits per heavy atom. The van der Waals surface area contributed by atoms with Crippen LogP contribution in [0.3, 0.4) is 0 Å². The van der Waals surface area contributed by atoms with Crippen LogP contribution in [0, 0.1) is 0 Å². The van der Waals surface area contributed by atoms with Crippen LogP contribution in [0.5, 0.6) is 0 Å². The Morgan fingerprint density at radius 1 is 0.295 bits per heavy atom. The van der Waals surface area contributed by atoms with Crippen molar-refractivity contribution < 1.29 is 0 Å². The highest BCUT2D eigenvalue weighted by molar-refractivity contribution is 6.15. The van der Waals surface area contributed by atoms with E-state index in [0.29, 0.717) is 23.2 Å². The highest BCUT2D eigenvalue weighted by Crippen LogP contribution is 2.42. The number of hydrogen-bond acceptors (Lipinski definition) is 4. The number of rotatable bonds is 10. The van der Waals surface area contributed by atoms with Crippen LogP contribution in [0.1, 0.15) is 18.9 Å². The number of pyridine rings is 1. The summed E-state index contributed by atoms with van der Waals surface area (Å²) >= 11 is 0. The normalized spacial score (nSPS) is 11.8. The topological polar surface area (TPSA) is 66.3 Å². The predicted molar refractivity (Wildman–Crippen MR) is 322 cm³/mol. The highest BCUT2D eigenvalue weighted by atomic mass is 15.0. The number of aryl methyl sites for hydroxylation is 1. The molecule has 0 N–H and O–H groups in total.